The minimum absolute atomic E-state index is 0.0739. The van der Waals surface area contributed by atoms with Gasteiger partial charge in [-0.15, -0.1) is 0 Å². The van der Waals surface area contributed by atoms with Crippen LogP contribution in [-0.2, 0) is 21.4 Å². The van der Waals surface area contributed by atoms with Crippen LogP contribution in [-0.4, -0.2) is 32.9 Å². The maximum absolute atomic E-state index is 12.8. The Labute approximate surface area is 199 Å². The Kier molecular flexibility index (Phi) is 8.26. The molecule has 0 saturated heterocycles. The summed E-state index contributed by atoms with van der Waals surface area (Å²) in [6.07, 6.45) is 0. The van der Waals surface area contributed by atoms with Gasteiger partial charge in [0.2, 0.25) is 5.91 Å². The predicted molar refractivity (Wildman–Crippen MR) is 130 cm³/mol. The van der Waals surface area contributed by atoms with Gasteiger partial charge in [-0.05, 0) is 61.9 Å². The summed E-state index contributed by atoms with van der Waals surface area (Å²) in [6, 6.07) is 20.7. The van der Waals surface area contributed by atoms with E-state index in [9.17, 15) is 18.0 Å². The number of nitrogens with one attached hydrogen (secondary N) is 3. The number of amides is 2. The first-order valence-corrected chi connectivity index (χ1v) is 12.2. The quantitative estimate of drug-likeness (QED) is 0.411. The van der Waals surface area contributed by atoms with Gasteiger partial charge in [0.25, 0.3) is 15.9 Å². The van der Waals surface area contributed by atoms with Crippen LogP contribution < -0.4 is 20.1 Å². The molecule has 1 unspecified atom stereocenters. The third-order valence-electron chi connectivity index (χ3n) is 4.87. The molecule has 0 saturated carbocycles. The van der Waals surface area contributed by atoms with Gasteiger partial charge in [-0.1, -0.05) is 36.4 Å². The summed E-state index contributed by atoms with van der Waals surface area (Å²) in [7, 11) is -3.93. The van der Waals surface area contributed by atoms with Crippen LogP contribution >= 0.6 is 0 Å². The lowest BCUT2D eigenvalue weighted by molar-refractivity contribution is -0.122. The first-order chi connectivity index (χ1) is 16.3. The zero-order chi connectivity index (χ0) is 24.6. The summed E-state index contributed by atoms with van der Waals surface area (Å²) in [5.74, 6) is -0.273. The van der Waals surface area contributed by atoms with Crippen molar-refractivity contribution in [2.45, 2.75) is 31.3 Å². The van der Waals surface area contributed by atoms with Crippen LogP contribution in [0.1, 0.15) is 29.8 Å². The van der Waals surface area contributed by atoms with Gasteiger partial charge >= 0.3 is 0 Å². The van der Waals surface area contributed by atoms with E-state index in [4.69, 9.17) is 4.74 Å². The third-order valence-corrected chi connectivity index (χ3v) is 6.25. The zero-order valence-electron chi connectivity index (χ0n) is 18.9. The molecule has 0 aliphatic carbocycles. The highest BCUT2D eigenvalue weighted by atomic mass is 32.2. The Morgan fingerprint density at radius 2 is 1.65 bits per heavy atom. The third kappa shape index (κ3) is 6.82. The molecule has 0 heterocycles. The Bertz CT molecular complexity index is 1230. The molecule has 3 aromatic carbocycles. The van der Waals surface area contributed by atoms with Crippen LogP contribution in [0.4, 0.5) is 5.69 Å². The van der Waals surface area contributed by atoms with Gasteiger partial charge in [-0.25, -0.2) is 8.42 Å². The van der Waals surface area contributed by atoms with Crippen molar-refractivity contribution in [1.82, 2.24) is 10.6 Å². The molecular weight excluding hydrogens is 454 g/mol. The van der Waals surface area contributed by atoms with E-state index in [-0.39, 0.29) is 16.4 Å². The Morgan fingerprint density at radius 1 is 0.941 bits per heavy atom. The number of hydrogen-bond donors (Lipinski definition) is 3. The smallest absolute Gasteiger partial charge is 0.261 e. The highest BCUT2D eigenvalue weighted by Crippen LogP contribution is 2.20. The minimum Gasteiger partial charge on any atom is -0.494 e. The Hall–Kier alpha value is -3.85. The van der Waals surface area contributed by atoms with Crippen molar-refractivity contribution in [3.8, 4) is 5.75 Å². The second-order valence-electron chi connectivity index (χ2n) is 7.49. The number of hydrogen-bond acceptors (Lipinski definition) is 5. The SMILES string of the molecule is CCOc1ccc(NS(=O)(=O)c2cccc(C(=O)NC(C)C(=O)NCc3ccccc3)c2)cc1. The number of sulfonamides is 1. The van der Waals surface area contributed by atoms with Crippen LogP contribution in [0.15, 0.2) is 83.8 Å². The normalized spacial score (nSPS) is 11.8. The van der Waals surface area contributed by atoms with Crippen molar-refractivity contribution < 1.29 is 22.7 Å². The van der Waals surface area contributed by atoms with Gasteiger partial charge < -0.3 is 15.4 Å². The van der Waals surface area contributed by atoms with Gasteiger partial charge in [0.15, 0.2) is 0 Å². The summed E-state index contributed by atoms with van der Waals surface area (Å²) in [5.41, 5.74) is 1.42. The molecular formula is C25H27N3O5S. The van der Waals surface area contributed by atoms with Gasteiger partial charge in [0.1, 0.15) is 11.8 Å². The van der Waals surface area contributed by atoms with E-state index < -0.39 is 22.0 Å². The highest BCUT2D eigenvalue weighted by Gasteiger charge is 2.19. The second-order valence-corrected chi connectivity index (χ2v) is 9.17. The first kappa shape index (κ1) is 24.8. The molecule has 3 N–H and O–H groups in total. The summed E-state index contributed by atoms with van der Waals surface area (Å²) >= 11 is 0. The maximum Gasteiger partial charge on any atom is 0.261 e. The first-order valence-electron chi connectivity index (χ1n) is 10.8. The van der Waals surface area contributed by atoms with Gasteiger partial charge in [-0.3, -0.25) is 14.3 Å². The topological polar surface area (TPSA) is 114 Å². The molecule has 178 valence electrons. The van der Waals surface area contributed by atoms with Crippen molar-refractivity contribution >= 4 is 27.5 Å². The van der Waals surface area contributed by atoms with Crippen LogP contribution in [0, 0.1) is 0 Å². The van der Waals surface area contributed by atoms with E-state index in [2.05, 4.69) is 15.4 Å². The Morgan fingerprint density at radius 3 is 2.32 bits per heavy atom. The van der Waals surface area contributed by atoms with Crippen molar-refractivity contribution in [2.24, 2.45) is 0 Å². The van der Waals surface area contributed by atoms with Crippen LogP contribution in [0.3, 0.4) is 0 Å². The molecule has 2 amide bonds. The minimum atomic E-state index is -3.93. The molecule has 0 spiro atoms. The van der Waals surface area contributed by atoms with Gasteiger partial charge in [0, 0.05) is 17.8 Å². The fourth-order valence-electron chi connectivity index (χ4n) is 3.09. The van der Waals surface area contributed by atoms with Crippen LogP contribution in [0.25, 0.3) is 0 Å². The molecule has 0 aromatic heterocycles. The largest absolute Gasteiger partial charge is 0.494 e. The van der Waals surface area contributed by atoms with Crippen molar-refractivity contribution in [3.63, 3.8) is 0 Å². The maximum atomic E-state index is 12.8. The monoisotopic (exact) mass is 481 g/mol. The lowest BCUT2D eigenvalue weighted by Crippen LogP contribution is -2.44. The molecule has 9 heteroatoms. The van der Waals surface area contributed by atoms with Gasteiger partial charge in [-0.2, -0.15) is 0 Å². The van der Waals surface area contributed by atoms with E-state index in [1.165, 1.54) is 24.3 Å². The number of rotatable bonds is 10. The summed E-state index contributed by atoms with van der Waals surface area (Å²) in [6.45, 7) is 4.27. The van der Waals surface area contributed by atoms with E-state index in [1.807, 2.05) is 37.3 Å². The Balaban J connectivity index is 1.62. The lowest BCUT2D eigenvalue weighted by Gasteiger charge is -2.15. The number of anilines is 1. The lowest BCUT2D eigenvalue weighted by atomic mass is 10.2. The molecule has 1 atom stereocenters. The molecule has 3 rings (SSSR count). The molecule has 0 aliphatic heterocycles. The van der Waals surface area contributed by atoms with Gasteiger partial charge in [0.05, 0.1) is 11.5 Å². The van der Waals surface area contributed by atoms with E-state index in [0.29, 0.717) is 24.6 Å². The zero-order valence-corrected chi connectivity index (χ0v) is 19.8. The number of carbonyl (C=O) groups is 2. The predicted octanol–water partition coefficient (Wildman–Crippen LogP) is 3.32. The van der Waals surface area contributed by atoms with E-state index in [1.54, 1.807) is 31.2 Å². The average molecular weight is 482 g/mol. The molecule has 0 radical (unpaired) electrons. The number of benzene rings is 3. The van der Waals surface area contributed by atoms with Crippen LogP contribution in [0.5, 0.6) is 5.75 Å². The average Bonchev–Trinajstić information content (AvgIpc) is 2.84. The summed E-state index contributed by atoms with van der Waals surface area (Å²) in [5, 5.41) is 5.36. The second kappa shape index (κ2) is 11.3. The number of ether oxygens (including phenoxy) is 1. The highest BCUT2D eigenvalue weighted by molar-refractivity contribution is 7.92. The van der Waals surface area contributed by atoms with Crippen molar-refractivity contribution in [2.75, 3.05) is 11.3 Å². The van der Waals surface area contributed by atoms with Crippen molar-refractivity contribution in [1.29, 1.82) is 0 Å². The van der Waals surface area contributed by atoms with E-state index in [0.717, 1.165) is 5.56 Å². The molecule has 0 fully saturated rings. The molecule has 0 aliphatic rings. The molecule has 34 heavy (non-hydrogen) atoms. The fourth-order valence-corrected chi connectivity index (χ4v) is 4.19. The van der Waals surface area contributed by atoms with Crippen molar-refractivity contribution in [3.05, 3.63) is 90.0 Å². The molecule has 0 bridgehead atoms. The molecule has 8 nitrogen and oxygen atoms in total. The summed E-state index contributed by atoms with van der Waals surface area (Å²) < 4.78 is 33.4. The van der Waals surface area contributed by atoms with Crippen LogP contribution in [0.2, 0.25) is 0 Å². The van der Waals surface area contributed by atoms with E-state index >= 15 is 0 Å². The fraction of sp³-hybridized carbons (Fsp3) is 0.200. The standard InChI is InChI=1S/C25H27N3O5S/c1-3-33-22-14-12-21(13-15-22)28-34(31,32)23-11-7-10-20(16-23)25(30)27-18(2)24(29)26-17-19-8-5-4-6-9-19/h4-16,18,28H,3,17H2,1-2H3,(H,26,29)(H,27,30). The number of carbonyl (C=O) groups excluding carboxylic acids is 2. The summed E-state index contributed by atoms with van der Waals surface area (Å²) in [4.78, 5) is 24.9. The molecule has 3 aromatic rings.